The molecule has 1 fully saturated rings. The molecule has 6 nitrogen and oxygen atoms in total. The predicted octanol–water partition coefficient (Wildman–Crippen LogP) is 4.21. The highest BCUT2D eigenvalue weighted by Gasteiger charge is 2.29. The number of benzene rings is 1. The molecule has 4 rings (SSSR count). The summed E-state index contributed by atoms with van der Waals surface area (Å²) in [7, 11) is 1.69. The van der Waals surface area contributed by atoms with Gasteiger partial charge in [0.05, 0.1) is 17.6 Å². The highest BCUT2D eigenvalue weighted by molar-refractivity contribution is 5.84. The molecule has 0 unspecified atom stereocenters. The monoisotopic (exact) mass is 420 g/mol. The number of anilines is 1. The van der Waals surface area contributed by atoms with E-state index < -0.39 is 13.0 Å². The third-order valence-electron chi connectivity index (χ3n) is 5.46. The minimum atomic E-state index is -4.67. The highest BCUT2D eigenvalue weighted by atomic mass is 19.4. The summed E-state index contributed by atoms with van der Waals surface area (Å²) in [5, 5.41) is 3.34. The van der Waals surface area contributed by atoms with Gasteiger partial charge in [0.25, 0.3) is 5.56 Å². The second-order valence-corrected chi connectivity index (χ2v) is 7.68. The van der Waals surface area contributed by atoms with Gasteiger partial charge in [-0.15, -0.1) is 13.2 Å². The van der Waals surface area contributed by atoms with E-state index in [1.165, 1.54) is 4.57 Å². The number of fused-ring (bicyclic) bond motifs is 1. The lowest BCUT2D eigenvalue weighted by molar-refractivity contribution is -0.325. The van der Waals surface area contributed by atoms with Crippen molar-refractivity contribution in [2.75, 3.05) is 11.9 Å². The summed E-state index contributed by atoms with van der Waals surface area (Å²) < 4.78 is 44.7. The standard InChI is InChI=1S/C21H23F3N4O2/c1-13-10-15(12-27(2)19(13)29)14-6-7-17-18(11-14)28(8-9-30-21(22,23)24)20(26-17)25-16-4-3-5-16/h6-7,10-12,16H,3-5,8-9H2,1-2H3,(H,25,26). The van der Waals surface area contributed by atoms with Crippen LogP contribution in [0.15, 0.2) is 35.3 Å². The van der Waals surface area contributed by atoms with Crippen molar-refractivity contribution in [3.05, 3.63) is 46.4 Å². The number of rotatable bonds is 6. The third kappa shape index (κ3) is 4.21. The first kappa shape index (κ1) is 20.5. The smallest absolute Gasteiger partial charge is 0.353 e. The van der Waals surface area contributed by atoms with Crippen LogP contribution in [0.1, 0.15) is 24.8 Å². The molecular formula is C21H23F3N4O2. The van der Waals surface area contributed by atoms with Gasteiger partial charge in [0, 0.05) is 31.4 Å². The van der Waals surface area contributed by atoms with E-state index in [4.69, 9.17) is 0 Å². The molecule has 1 N–H and O–H groups in total. The van der Waals surface area contributed by atoms with Crippen LogP contribution < -0.4 is 10.9 Å². The van der Waals surface area contributed by atoms with Gasteiger partial charge in [-0.1, -0.05) is 6.07 Å². The Morgan fingerprint density at radius 3 is 2.63 bits per heavy atom. The van der Waals surface area contributed by atoms with Gasteiger partial charge in [0.2, 0.25) is 5.95 Å². The van der Waals surface area contributed by atoms with Gasteiger partial charge in [-0.2, -0.15) is 0 Å². The number of pyridine rings is 1. The second-order valence-electron chi connectivity index (χ2n) is 7.68. The molecule has 0 radical (unpaired) electrons. The first-order valence-electron chi connectivity index (χ1n) is 9.86. The normalized spacial score (nSPS) is 14.8. The number of nitrogens with zero attached hydrogens (tertiary/aromatic N) is 3. The number of nitrogens with one attached hydrogen (secondary N) is 1. The number of ether oxygens (including phenoxy) is 1. The van der Waals surface area contributed by atoms with Crippen molar-refractivity contribution in [2.24, 2.45) is 7.05 Å². The molecule has 1 saturated carbocycles. The maximum Gasteiger partial charge on any atom is 0.522 e. The van der Waals surface area contributed by atoms with Gasteiger partial charge in [0.1, 0.15) is 0 Å². The number of hydrogen-bond donors (Lipinski definition) is 1. The molecule has 30 heavy (non-hydrogen) atoms. The number of aryl methyl sites for hydroxylation is 2. The molecule has 3 aromatic rings. The van der Waals surface area contributed by atoms with Crippen LogP contribution in [0.5, 0.6) is 0 Å². The molecule has 0 bridgehead atoms. The minimum Gasteiger partial charge on any atom is -0.353 e. The molecule has 1 aliphatic rings. The first-order chi connectivity index (χ1) is 14.2. The summed E-state index contributed by atoms with van der Waals surface area (Å²) in [4.78, 5) is 16.6. The van der Waals surface area contributed by atoms with E-state index in [1.807, 2.05) is 24.3 Å². The SMILES string of the molecule is Cc1cc(-c2ccc3nc(NC4CCC4)n(CCOC(F)(F)F)c3c2)cn(C)c1=O. The Balaban J connectivity index is 1.73. The van der Waals surface area contributed by atoms with E-state index in [2.05, 4.69) is 15.0 Å². The third-order valence-corrected chi connectivity index (χ3v) is 5.46. The zero-order chi connectivity index (χ0) is 21.5. The van der Waals surface area contributed by atoms with Crippen LogP contribution in [0.4, 0.5) is 19.1 Å². The summed E-state index contributed by atoms with van der Waals surface area (Å²) in [6.07, 6.45) is 0.244. The number of halogens is 3. The molecule has 0 aliphatic heterocycles. The molecule has 160 valence electrons. The van der Waals surface area contributed by atoms with Gasteiger partial charge in [0.15, 0.2) is 0 Å². The lowest BCUT2D eigenvalue weighted by atomic mass is 9.93. The van der Waals surface area contributed by atoms with Crippen LogP contribution in [0.25, 0.3) is 22.2 Å². The Labute approximate surface area is 171 Å². The van der Waals surface area contributed by atoms with Crippen LogP contribution in [0, 0.1) is 6.92 Å². The lowest BCUT2D eigenvalue weighted by Crippen LogP contribution is -2.29. The Morgan fingerprint density at radius 1 is 1.23 bits per heavy atom. The van der Waals surface area contributed by atoms with Crippen molar-refractivity contribution in [3.63, 3.8) is 0 Å². The van der Waals surface area contributed by atoms with E-state index in [-0.39, 0.29) is 18.1 Å². The second kappa shape index (κ2) is 7.79. The van der Waals surface area contributed by atoms with E-state index in [1.54, 1.807) is 24.7 Å². The maximum atomic E-state index is 12.5. The summed E-state index contributed by atoms with van der Waals surface area (Å²) in [6, 6.07) is 7.73. The predicted molar refractivity (Wildman–Crippen MR) is 108 cm³/mol. The van der Waals surface area contributed by atoms with Crippen LogP contribution >= 0.6 is 0 Å². The lowest BCUT2D eigenvalue weighted by Gasteiger charge is -2.27. The quantitative estimate of drug-likeness (QED) is 0.649. The molecule has 0 amide bonds. The summed E-state index contributed by atoms with van der Waals surface area (Å²) in [6.45, 7) is 1.27. The maximum absolute atomic E-state index is 12.5. The van der Waals surface area contributed by atoms with Gasteiger partial charge >= 0.3 is 6.36 Å². The largest absolute Gasteiger partial charge is 0.522 e. The molecule has 9 heteroatoms. The number of hydrogen-bond acceptors (Lipinski definition) is 4. The molecule has 2 aromatic heterocycles. The van der Waals surface area contributed by atoms with Gasteiger partial charge in [-0.25, -0.2) is 4.98 Å². The highest BCUT2D eigenvalue weighted by Crippen LogP contribution is 2.29. The van der Waals surface area contributed by atoms with Crippen molar-refractivity contribution < 1.29 is 17.9 Å². The van der Waals surface area contributed by atoms with E-state index in [9.17, 15) is 18.0 Å². The van der Waals surface area contributed by atoms with Gasteiger partial charge < -0.3 is 14.5 Å². The molecule has 1 aromatic carbocycles. The molecule has 1 aliphatic carbocycles. The van der Waals surface area contributed by atoms with Crippen molar-refractivity contribution in [3.8, 4) is 11.1 Å². The van der Waals surface area contributed by atoms with E-state index in [0.29, 0.717) is 22.5 Å². The number of aromatic nitrogens is 3. The topological polar surface area (TPSA) is 61.1 Å². The van der Waals surface area contributed by atoms with Crippen LogP contribution in [0.2, 0.25) is 0 Å². The molecule has 0 saturated heterocycles. The molecular weight excluding hydrogens is 397 g/mol. The van der Waals surface area contributed by atoms with Crippen molar-refractivity contribution in [2.45, 2.75) is 45.1 Å². The van der Waals surface area contributed by atoms with Crippen LogP contribution in [-0.4, -0.2) is 33.1 Å². The average Bonchev–Trinajstić information content (AvgIpc) is 2.98. The minimum absolute atomic E-state index is 0.0147. The van der Waals surface area contributed by atoms with Gasteiger partial charge in [-0.3, -0.25) is 9.53 Å². The Morgan fingerprint density at radius 2 is 2.00 bits per heavy atom. The summed E-state index contributed by atoms with van der Waals surface area (Å²) in [5.41, 5.74) is 3.66. The van der Waals surface area contributed by atoms with E-state index >= 15 is 0 Å². The Kier molecular flexibility index (Phi) is 5.31. The fraction of sp³-hybridized carbons (Fsp3) is 0.429. The van der Waals surface area contributed by atoms with E-state index in [0.717, 1.165) is 30.4 Å². The summed E-state index contributed by atoms with van der Waals surface area (Å²) in [5.74, 6) is 0.550. The Bertz CT molecular complexity index is 1100. The van der Waals surface area contributed by atoms with Crippen LogP contribution in [0.3, 0.4) is 0 Å². The van der Waals surface area contributed by atoms with Crippen molar-refractivity contribution in [1.29, 1.82) is 0 Å². The zero-order valence-electron chi connectivity index (χ0n) is 16.8. The molecule has 0 atom stereocenters. The number of alkyl halides is 3. The zero-order valence-corrected chi connectivity index (χ0v) is 16.8. The van der Waals surface area contributed by atoms with Crippen molar-refractivity contribution in [1.82, 2.24) is 14.1 Å². The van der Waals surface area contributed by atoms with Gasteiger partial charge in [-0.05, 0) is 55.5 Å². The first-order valence-corrected chi connectivity index (χ1v) is 9.86. The fourth-order valence-corrected chi connectivity index (χ4v) is 3.66. The van der Waals surface area contributed by atoms with Crippen molar-refractivity contribution >= 4 is 17.0 Å². The summed E-state index contributed by atoms with van der Waals surface area (Å²) >= 11 is 0. The fourth-order valence-electron chi connectivity index (χ4n) is 3.66. The average molecular weight is 420 g/mol. The molecule has 0 spiro atoms. The number of imidazole rings is 1. The van der Waals surface area contributed by atoms with Crippen LogP contribution in [-0.2, 0) is 18.3 Å². The molecule has 2 heterocycles. The Hall–Kier alpha value is -2.81.